The number of nitrogens with zero attached hydrogens (tertiary/aromatic N) is 2. The highest BCUT2D eigenvalue weighted by atomic mass is 35.5. The van der Waals surface area contributed by atoms with Crippen LogP contribution in [-0.4, -0.2) is 62.1 Å². The Balaban J connectivity index is 0.00000210. The van der Waals surface area contributed by atoms with Gasteiger partial charge in [0.15, 0.2) is 0 Å². The van der Waals surface area contributed by atoms with E-state index in [9.17, 15) is 4.79 Å². The van der Waals surface area contributed by atoms with Crippen molar-refractivity contribution in [1.82, 2.24) is 9.80 Å². The quantitative estimate of drug-likeness (QED) is 0.482. The van der Waals surface area contributed by atoms with E-state index in [0.717, 1.165) is 50.3 Å². The van der Waals surface area contributed by atoms with E-state index in [2.05, 4.69) is 16.8 Å². The van der Waals surface area contributed by atoms with Gasteiger partial charge in [-0.25, -0.2) is 0 Å². The maximum Gasteiger partial charge on any atom is 0.320 e. The Bertz CT molecular complexity index is 681. The highest BCUT2D eigenvalue weighted by Gasteiger charge is 2.38. The topological polar surface area (TPSA) is 32.8 Å². The maximum atomic E-state index is 13.1. The van der Waals surface area contributed by atoms with E-state index >= 15 is 0 Å². The van der Waals surface area contributed by atoms with Gasteiger partial charge >= 0.3 is 5.97 Å². The molecule has 3 rings (SSSR count). The van der Waals surface area contributed by atoms with Crippen LogP contribution < -0.4 is 0 Å². The first-order valence-electron chi connectivity index (χ1n) is 9.80. The SMILES string of the molecule is CN1CCN(CCCOC(=O)C(C)(c2ccccc2)c2ccccc2)CC1.Cl.Cl. The summed E-state index contributed by atoms with van der Waals surface area (Å²) in [6.07, 6.45) is 0.870. The number of esters is 1. The van der Waals surface area contributed by atoms with E-state index in [1.165, 1.54) is 0 Å². The zero-order valence-electron chi connectivity index (χ0n) is 17.3. The molecule has 1 heterocycles. The molecule has 6 heteroatoms. The molecule has 29 heavy (non-hydrogen) atoms. The van der Waals surface area contributed by atoms with Crippen molar-refractivity contribution < 1.29 is 9.53 Å². The van der Waals surface area contributed by atoms with Crippen molar-refractivity contribution in [3.05, 3.63) is 71.8 Å². The van der Waals surface area contributed by atoms with Gasteiger partial charge in [-0.2, -0.15) is 0 Å². The molecule has 0 N–H and O–H groups in total. The molecule has 0 aromatic heterocycles. The molecule has 0 aliphatic carbocycles. The highest BCUT2D eigenvalue weighted by molar-refractivity contribution is 5.87. The van der Waals surface area contributed by atoms with Gasteiger partial charge in [0.25, 0.3) is 0 Å². The molecule has 0 radical (unpaired) electrons. The molecule has 4 nitrogen and oxygen atoms in total. The fourth-order valence-electron chi connectivity index (χ4n) is 3.61. The van der Waals surface area contributed by atoms with Crippen LogP contribution in [0.2, 0.25) is 0 Å². The Morgan fingerprint density at radius 3 is 1.86 bits per heavy atom. The summed E-state index contributed by atoms with van der Waals surface area (Å²) in [4.78, 5) is 17.9. The summed E-state index contributed by atoms with van der Waals surface area (Å²) < 4.78 is 5.75. The average Bonchev–Trinajstić information content (AvgIpc) is 2.73. The summed E-state index contributed by atoms with van der Waals surface area (Å²) in [6, 6.07) is 19.8. The fourth-order valence-corrected chi connectivity index (χ4v) is 3.61. The van der Waals surface area contributed by atoms with Crippen molar-refractivity contribution in [3.63, 3.8) is 0 Å². The van der Waals surface area contributed by atoms with Crippen LogP contribution in [0.1, 0.15) is 24.5 Å². The van der Waals surface area contributed by atoms with E-state index in [-0.39, 0.29) is 30.8 Å². The number of hydrogen-bond acceptors (Lipinski definition) is 4. The van der Waals surface area contributed by atoms with Crippen molar-refractivity contribution in [1.29, 1.82) is 0 Å². The van der Waals surface area contributed by atoms with Crippen molar-refractivity contribution >= 4 is 30.8 Å². The van der Waals surface area contributed by atoms with Crippen molar-refractivity contribution in [2.75, 3.05) is 46.4 Å². The standard InChI is InChI=1S/C23H30N2O2.2ClH/c1-23(20-10-5-3-6-11-20,21-12-7-4-8-13-21)22(26)27-19-9-14-25-17-15-24(2)16-18-25;;/h3-8,10-13H,9,14-19H2,1-2H3;2*1H. The molecule has 0 atom stereocenters. The first-order valence-corrected chi connectivity index (χ1v) is 9.80. The maximum absolute atomic E-state index is 13.1. The number of halogens is 2. The number of likely N-dealkylation sites (N-methyl/N-ethyl adjacent to an activating group) is 1. The molecule has 1 saturated heterocycles. The van der Waals surface area contributed by atoms with Gasteiger partial charge < -0.3 is 14.5 Å². The molecule has 0 unspecified atom stereocenters. The summed E-state index contributed by atoms with van der Waals surface area (Å²) >= 11 is 0. The van der Waals surface area contributed by atoms with Crippen LogP contribution in [0, 0.1) is 0 Å². The van der Waals surface area contributed by atoms with Crippen molar-refractivity contribution in [3.8, 4) is 0 Å². The smallest absolute Gasteiger partial charge is 0.320 e. The summed E-state index contributed by atoms with van der Waals surface area (Å²) in [6.45, 7) is 7.81. The van der Waals surface area contributed by atoms with Crippen LogP contribution in [0.4, 0.5) is 0 Å². The predicted octanol–water partition coefficient (Wildman–Crippen LogP) is 4.02. The monoisotopic (exact) mass is 438 g/mol. The van der Waals surface area contributed by atoms with Gasteiger partial charge in [-0.05, 0) is 31.5 Å². The number of piperazine rings is 1. The van der Waals surface area contributed by atoms with Crippen molar-refractivity contribution in [2.24, 2.45) is 0 Å². The van der Waals surface area contributed by atoms with Gasteiger partial charge in [0, 0.05) is 32.7 Å². The van der Waals surface area contributed by atoms with Crippen LogP contribution in [0.15, 0.2) is 60.7 Å². The Morgan fingerprint density at radius 2 is 1.38 bits per heavy atom. The third-order valence-corrected chi connectivity index (χ3v) is 5.56. The number of rotatable bonds is 7. The van der Waals surface area contributed by atoms with Crippen LogP contribution in [-0.2, 0) is 14.9 Å². The molecule has 2 aromatic rings. The van der Waals surface area contributed by atoms with Gasteiger partial charge in [0.2, 0.25) is 0 Å². The summed E-state index contributed by atoms with van der Waals surface area (Å²) in [5.41, 5.74) is 1.12. The van der Waals surface area contributed by atoms with E-state index in [4.69, 9.17) is 4.74 Å². The van der Waals surface area contributed by atoms with Crippen LogP contribution in [0.5, 0.6) is 0 Å². The van der Waals surface area contributed by atoms with Gasteiger partial charge in [-0.3, -0.25) is 4.79 Å². The molecule has 1 aliphatic heterocycles. The largest absolute Gasteiger partial charge is 0.465 e. The number of benzene rings is 2. The molecule has 160 valence electrons. The van der Waals surface area contributed by atoms with Crippen molar-refractivity contribution in [2.45, 2.75) is 18.8 Å². The summed E-state index contributed by atoms with van der Waals surface area (Å²) in [5, 5.41) is 0. The molecule has 2 aromatic carbocycles. The molecule has 1 aliphatic rings. The van der Waals surface area contributed by atoms with E-state index < -0.39 is 5.41 Å². The normalized spacial score (nSPS) is 15.1. The number of carbonyl (C=O) groups excluding carboxylic acids is 1. The number of carbonyl (C=O) groups is 1. The molecule has 0 spiro atoms. The first-order chi connectivity index (χ1) is 13.1. The van der Waals surface area contributed by atoms with Gasteiger partial charge in [-0.15, -0.1) is 24.8 Å². The van der Waals surface area contributed by atoms with Crippen LogP contribution in [0.25, 0.3) is 0 Å². The Hall–Kier alpha value is -1.59. The lowest BCUT2D eigenvalue weighted by Crippen LogP contribution is -2.45. The third-order valence-electron chi connectivity index (χ3n) is 5.56. The molecular weight excluding hydrogens is 407 g/mol. The second-order valence-electron chi connectivity index (χ2n) is 7.49. The molecule has 0 bridgehead atoms. The minimum atomic E-state index is -0.795. The lowest BCUT2D eigenvalue weighted by atomic mass is 9.76. The summed E-state index contributed by atoms with van der Waals surface area (Å²) in [7, 11) is 2.16. The minimum absolute atomic E-state index is 0. The van der Waals surface area contributed by atoms with Crippen LogP contribution >= 0.6 is 24.8 Å². The van der Waals surface area contributed by atoms with Crippen LogP contribution in [0.3, 0.4) is 0 Å². The second kappa shape index (κ2) is 12.2. The highest BCUT2D eigenvalue weighted by Crippen LogP contribution is 2.33. The van der Waals surface area contributed by atoms with E-state index in [1.807, 2.05) is 67.6 Å². The van der Waals surface area contributed by atoms with E-state index in [0.29, 0.717) is 6.61 Å². The number of hydrogen-bond donors (Lipinski definition) is 0. The zero-order valence-corrected chi connectivity index (χ0v) is 18.9. The molecule has 1 fully saturated rings. The second-order valence-corrected chi connectivity index (χ2v) is 7.49. The zero-order chi connectivity index (χ0) is 19.1. The first kappa shape index (κ1) is 25.4. The van der Waals surface area contributed by atoms with Gasteiger partial charge in [-0.1, -0.05) is 60.7 Å². The molecule has 0 saturated carbocycles. The third kappa shape index (κ3) is 6.45. The van der Waals surface area contributed by atoms with Gasteiger partial charge in [0.1, 0.15) is 5.41 Å². The predicted molar refractivity (Wildman–Crippen MR) is 123 cm³/mol. The Kier molecular flexibility index (Phi) is 10.7. The Morgan fingerprint density at radius 1 is 0.897 bits per heavy atom. The fraction of sp³-hybridized carbons (Fsp3) is 0.435. The van der Waals surface area contributed by atoms with Gasteiger partial charge in [0.05, 0.1) is 6.61 Å². The average molecular weight is 439 g/mol. The minimum Gasteiger partial charge on any atom is -0.465 e. The molecule has 0 amide bonds. The number of ether oxygens (including phenoxy) is 1. The lowest BCUT2D eigenvalue weighted by Gasteiger charge is -2.32. The lowest BCUT2D eigenvalue weighted by molar-refractivity contribution is -0.148. The molecular formula is C23H32Cl2N2O2. The summed E-state index contributed by atoms with van der Waals surface area (Å²) in [5.74, 6) is -0.182. The Labute approximate surface area is 187 Å². The van der Waals surface area contributed by atoms with E-state index in [1.54, 1.807) is 0 Å².